The van der Waals surface area contributed by atoms with Crippen molar-refractivity contribution >= 4 is 0 Å². The van der Waals surface area contributed by atoms with Crippen LogP contribution in [0.3, 0.4) is 0 Å². The summed E-state index contributed by atoms with van der Waals surface area (Å²) in [5.74, 6) is -0.0286. The molecule has 8 nitrogen and oxygen atoms in total. The van der Waals surface area contributed by atoms with Gasteiger partial charge in [-0.25, -0.2) is 23.4 Å². The molecule has 10 heteroatoms. The van der Waals surface area contributed by atoms with E-state index in [4.69, 9.17) is 10.2 Å². The highest BCUT2D eigenvalue weighted by Crippen LogP contribution is 2.30. The van der Waals surface area contributed by atoms with Crippen LogP contribution >= 0.6 is 0 Å². The molecule has 2 atom stereocenters. The lowest BCUT2D eigenvalue weighted by molar-refractivity contribution is 0.129. The van der Waals surface area contributed by atoms with E-state index in [2.05, 4.69) is 26.2 Å². The first-order valence-electron chi connectivity index (χ1n) is 11.0. The summed E-state index contributed by atoms with van der Waals surface area (Å²) in [7, 11) is 0. The van der Waals surface area contributed by atoms with Gasteiger partial charge in [0.1, 0.15) is 30.1 Å². The van der Waals surface area contributed by atoms with E-state index >= 15 is 0 Å². The van der Waals surface area contributed by atoms with Gasteiger partial charge < -0.3 is 0 Å². The van der Waals surface area contributed by atoms with Gasteiger partial charge in [-0.1, -0.05) is 6.07 Å². The molecule has 172 valence electrons. The van der Waals surface area contributed by atoms with Crippen molar-refractivity contribution in [3.05, 3.63) is 83.7 Å². The van der Waals surface area contributed by atoms with Crippen LogP contribution in [0.4, 0.5) is 8.78 Å². The predicted molar refractivity (Wildman–Crippen MR) is 119 cm³/mol. The summed E-state index contributed by atoms with van der Waals surface area (Å²) in [6, 6.07) is 12.9. The van der Waals surface area contributed by atoms with Gasteiger partial charge in [0.05, 0.1) is 31.3 Å². The minimum Gasteiger partial charge on any atom is -0.291 e. The average molecular weight is 460 g/mol. The molecule has 0 aliphatic carbocycles. The largest absolute Gasteiger partial charge is 0.291 e. The van der Waals surface area contributed by atoms with Crippen molar-refractivity contribution in [3.63, 3.8) is 0 Å². The lowest BCUT2D eigenvalue weighted by Gasteiger charge is -2.37. The molecule has 2 aromatic carbocycles. The fourth-order valence-electron chi connectivity index (χ4n) is 4.41. The molecule has 1 aliphatic rings. The van der Waals surface area contributed by atoms with Gasteiger partial charge in [0.15, 0.2) is 5.82 Å². The first-order valence-corrected chi connectivity index (χ1v) is 11.0. The fraction of sp³-hybridized carbons (Fsp3) is 0.292. The van der Waals surface area contributed by atoms with Crippen molar-refractivity contribution in [3.8, 4) is 17.5 Å². The molecule has 5 rings (SSSR count). The Hall–Kier alpha value is -3.97. The van der Waals surface area contributed by atoms with E-state index < -0.39 is 11.6 Å². The number of benzene rings is 2. The van der Waals surface area contributed by atoms with Crippen LogP contribution in [0, 0.1) is 23.0 Å². The van der Waals surface area contributed by atoms with E-state index in [9.17, 15) is 8.78 Å². The van der Waals surface area contributed by atoms with E-state index in [1.54, 1.807) is 23.1 Å². The molecule has 0 saturated heterocycles. The quantitative estimate of drug-likeness (QED) is 0.438. The summed E-state index contributed by atoms with van der Waals surface area (Å²) < 4.78 is 31.9. The van der Waals surface area contributed by atoms with Crippen LogP contribution in [0.1, 0.15) is 29.8 Å². The van der Waals surface area contributed by atoms with Gasteiger partial charge in [-0.2, -0.15) is 15.5 Å². The normalized spacial score (nSPS) is 15.5. The Balaban J connectivity index is 1.40. The van der Waals surface area contributed by atoms with Crippen molar-refractivity contribution in [2.24, 2.45) is 0 Å². The second-order valence-electron chi connectivity index (χ2n) is 8.36. The van der Waals surface area contributed by atoms with E-state index in [1.807, 2.05) is 23.7 Å². The van der Waals surface area contributed by atoms with E-state index in [0.717, 1.165) is 17.5 Å². The monoisotopic (exact) mass is 460 g/mol. The number of halogens is 2. The molecule has 0 N–H and O–H groups in total. The minimum atomic E-state index is -0.602. The summed E-state index contributed by atoms with van der Waals surface area (Å²) in [4.78, 5) is 10.9. The molecule has 4 aromatic rings. The van der Waals surface area contributed by atoms with E-state index in [0.29, 0.717) is 43.1 Å². The SMILES string of the molecule is CC(C(Cn1cncn1)c1ccc(F)cc1F)N1CCn2nc(-c3ccc(C#N)cc3)nc2C1. The average Bonchev–Trinajstić information content (AvgIpc) is 3.52. The zero-order valence-corrected chi connectivity index (χ0v) is 18.5. The summed E-state index contributed by atoms with van der Waals surface area (Å²) in [5, 5.41) is 17.8. The maximum absolute atomic E-state index is 14.8. The molecule has 0 saturated carbocycles. The van der Waals surface area contributed by atoms with E-state index in [1.165, 1.54) is 18.5 Å². The topological polar surface area (TPSA) is 88.5 Å². The Kier molecular flexibility index (Phi) is 5.86. The van der Waals surface area contributed by atoms with Crippen LogP contribution < -0.4 is 0 Å². The highest BCUT2D eigenvalue weighted by Gasteiger charge is 2.31. The van der Waals surface area contributed by atoms with Crippen molar-refractivity contribution in [2.75, 3.05) is 6.54 Å². The van der Waals surface area contributed by atoms with Crippen LogP contribution in [-0.4, -0.2) is 47.0 Å². The highest BCUT2D eigenvalue weighted by molar-refractivity contribution is 5.56. The standard InChI is InChI=1S/C24H22F2N8/c1-16(21(12-33-15-28-14-29-33)20-7-6-19(25)10-22(20)26)32-8-9-34-23(13-32)30-24(31-34)18-4-2-17(11-27)3-5-18/h2-7,10,14-16,21H,8-9,12-13H2,1H3. The third kappa shape index (κ3) is 4.30. The maximum atomic E-state index is 14.8. The van der Waals surface area contributed by atoms with Gasteiger partial charge in [-0.05, 0) is 42.8 Å². The molecule has 2 unspecified atom stereocenters. The summed E-state index contributed by atoms with van der Waals surface area (Å²) in [6.07, 6.45) is 3.04. The Morgan fingerprint density at radius 3 is 2.65 bits per heavy atom. The predicted octanol–water partition coefficient (Wildman–Crippen LogP) is 3.37. The van der Waals surface area contributed by atoms with Crippen molar-refractivity contribution in [2.45, 2.75) is 38.5 Å². The van der Waals surface area contributed by atoms with Gasteiger partial charge in [0.2, 0.25) is 0 Å². The highest BCUT2D eigenvalue weighted by atomic mass is 19.1. The van der Waals surface area contributed by atoms with Gasteiger partial charge in [-0.3, -0.25) is 9.58 Å². The Labute approximate surface area is 195 Å². The molecule has 0 bridgehead atoms. The molecule has 34 heavy (non-hydrogen) atoms. The van der Waals surface area contributed by atoms with Gasteiger partial charge in [0.25, 0.3) is 0 Å². The van der Waals surface area contributed by atoms with Crippen LogP contribution in [0.5, 0.6) is 0 Å². The number of hydrogen-bond acceptors (Lipinski definition) is 6. The smallest absolute Gasteiger partial charge is 0.181 e. The van der Waals surface area contributed by atoms with Gasteiger partial charge in [-0.15, -0.1) is 0 Å². The summed E-state index contributed by atoms with van der Waals surface area (Å²) in [5.41, 5.74) is 1.87. The number of fused-ring (bicyclic) bond motifs is 1. The molecule has 0 fully saturated rings. The second kappa shape index (κ2) is 9.11. The van der Waals surface area contributed by atoms with Crippen molar-refractivity contribution in [1.29, 1.82) is 5.26 Å². The molecular formula is C24H22F2N8. The Morgan fingerprint density at radius 2 is 1.94 bits per heavy atom. The minimum absolute atomic E-state index is 0.0898. The maximum Gasteiger partial charge on any atom is 0.181 e. The van der Waals surface area contributed by atoms with Gasteiger partial charge in [0, 0.05) is 30.1 Å². The number of nitriles is 1. The van der Waals surface area contributed by atoms with Crippen LogP contribution in [-0.2, 0) is 19.6 Å². The Bertz CT molecular complexity index is 1320. The lowest BCUT2D eigenvalue weighted by Crippen LogP contribution is -2.44. The molecule has 0 radical (unpaired) electrons. The number of nitrogens with zero attached hydrogens (tertiary/aromatic N) is 8. The number of rotatable bonds is 6. The van der Waals surface area contributed by atoms with Crippen LogP contribution in [0.2, 0.25) is 0 Å². The molecule has 0 spiro atoms. The van der Waals surface area contributed by atoms with Crippen LogP contribution in [0.25, 0.3) is 11.4 Å². The zero-order valence-electron chi connectivity index (χ0n) is 18.5. The molecule has 1 aliphatic heterocycles. The third-order valence-corrected chi connectivity index (χ3v) is 6.33. The van der Waals surface area contributed by atoms with Crippen molar-refractivity contribution < 1.29 is 8.78 Å². The first kappa shape index (κ1) is 21.9. The van der Waals surface area contributed by atoms with Crippen LogP contribution in [0.15, 0.2) is 55.1 Å². The number of aromatic nitrogens is 6. The Morgan fingerprint density at radius 1 is 1.12 bits per heavy atom. The molecule has 2 aromatic heterocycles. The third-order valence-electron chi connectivity index (χ3n) is 6.33. The fourth-order valence-corrected chi connectivity index (χ4v) is 4.41. The molecular weight excluding hydrogens is 438 g/mol. The second-order valence-corrected chi connectivity index (χ2v) is 8.36. The molecule has 3 heterocycles. The molecule has 0 amide bonds. The van der Waals surface area contributed by atoms with Gasteiger partial charge >= 0.3 is 0 Å². The van der Waals surface area contributed by atoms with Crippen molar-refractivity contribution in [1.82, 2.24) is 34.4 Å². The van der Waals surface area contributed by atoms with E-state index in [-0.39, 0.29) is 12.0 Å². The number of hydrogen-bond donors (Lipinski definition) is 0. The zero-order chi connectivity index (χ0) is 23.7. The first-order chi connectivity index (χ1) is 16.5. The lowest BCUT2D eigenvalue weighted by atomic mass is 9.90. The summed E-state index contributed by atoms with van der Waals surface area (Å²) in [6.45, 7) is 4.34. The summed E-state index contributed by atoms with van der Waals surface area (Å²) >= 11 is 0.